The van der Waals surface area contributed by atoms with Crippen LogP contribution < -0.4 is 15.4 Å². The molecule has 1 aliphatic rings. The summed E-state index contributed by atoms with van der Waals surface area (Å²) >= 11 is 0. The summed E-state index contributed by atoms with van der Waals surface area (Å²) in [6.07, 6.45) is 5.11. The van der Waals surface area contributed by atoms with Gasteiger partial charge in [-0.05, 0) is 48.9 Å². The lowest BCUT2D eigenvalue weighted by Gasteiger charge is -2.31. The summed E-state index contributed by atoms with van der Waals surface area (Å²) in [5.41, 5.74) is 0.699. The molecule has 2 N–H and O–H groups in total. The molecule has 0 bridgehead atoms. The van der Waals surface area contributed by atoms with Crippen molar-refractivity contribution >= 4 is 17.5 Å². The second kappa shape index (κ2) is 9.60. The molecule has 0 aromatic heterocycles. The zero-order valence-corrected chi connectivity index (χ0v) is 16.4. The zero-order chi connectivity index (χ0) is 19.1. The van der Waals surface area contributed by atoms with Crippen LogP contribution in [0, 0.1) is 17.8 Å². The van der Waals surface area contributed by atoms with E-state index in [0.29, 0.717) is 11.6 Å². The fourth-order valence-corrected chi connectivity index (χ4v) is 3.56. The van der Waals surface area contributed by atoms with Gasteiger partial charge in [0.15, 0.2) is 0 Å². The molecule has 1 fully saturated rings. The Hall–Kier alpha value is -2.04. The second-order valence-electron chi connectivity index (χ2n) is 7.46. The molecule has 5 heteroatoms. The Labute approximate surface area is 156 Å². The van der Waals surface area contributed by atoms with Crippen molar-refractivity contribution in [2.24, 2.45) is 17.8 Å². The molecule has 1 aromatic carbocycles. The summed E-state index contributed by atoms with van der Waals surface area (Å²) < 4.78 is 5.14. The number of anilines is 1. The number of amides is 2. The first-order chi connectivity index (χ1) is 12.5. The van der Waals surface area contributed by atoms with Gasteiger partial charge in [-0.2, -0.15) is 0 Å². The first-order valence-corrected chi connectivity index (χ1v) is 9.71. The third kappa shape index (κ3) is 5.23. The molecule has 1 saturated carbocycles. The highest BCUT2D eigenvalue weighted by molar-refractivity contribution is 5.97. The van der Waals surface area contributed by atoms with Crippen LogP contribution in [0.4, 0.5) is 5.69 Å². The van der Waals surface area contributed by atoms with E-state index in [0.717, 1.165) is 31.4 Å². The van der Waals surface area contributed by atoms with Crippen molar-refractivity contribution in [3.8, 4) is 5.75 Å². The predicted octanol–water partition coefficient (Wildman–Crippen LogP) is 3.99. The molecule has 5 nitrogen and oxygen atoms in total. The van der Waals surface area contributed by atoms with Gasteiger partial charge in [0, 0.05) is 11.6 Å². The molecule has 1 aromatic rings. The number of ether oxygens (including phenoxy) is 1. The molecule has 1 aliphatic carbocycles. The number of benzene rings is 1. The molecular formula is C21H32N2O3. The average molecular weight is 360 g/mol. The standard InChI is InChI=1S/C21H32N2O3/c1-5-14(2)19(23-20(24)18-9-7-6-8-15(18)3)21(25)22-16-10-12-17(26-4)13-11-16/h10-15,18-19H,5-9H2,1-4H3,(H,22,25)(H,23,24)/t14-,15+,18+,19-/m0/s1. The maximum Gasteiger partial charge on any atom is 0.247 e. The van der Waals surface area contributed by atoms with Crippen LogP contribution in [0.25, 0.3) is 0 Å². The molecule has 0 saturated heterocycles. The van der Waals surface area contributed by atoms with Crippen molar-refractivity contribution in [2.75, 3.05) is 12.4 Å². The van der Waals surface area contributed by atoms with E-state index in [1.54, 1.807) is 31.4 Å². The Morgan fingerprint density at radius 3 is 2.42 bits per heavy atom. The monoisotopic (exact) mass is 360 g/mol. The molecule has 0 unspecified atom stereocenters. The highest BCUT2D eigenvalue weighted by Crippen LogP contribution is 2.30. The molecule has 26 heavy (non-hydrogen) atoms. The Kier molecular flexibility index (Phi) is 7.49. The Morgan fingerprint density at radius 1 is 1.19 bits per heavy atom. The van der Waals surface area contributed by atoms with Crippen LogP contribution in [0.5, 0.6) is 5.75 Å². The van der Waals surface area contributed by atoms with Gasteiger partial charge in [0.1, 0.15) is 11.8 Å². The quantitative estimate of drug-likeness (QED) is 0.772. The highest BCUT2D eigenvalue weighted by Gasteiger charge is 2.32. The van der Waals surface area contributed by atoms with E-state index in [1.165, 1.54) is 6.42 Å². The van der Waals surface area contributed by atoms with Crippen LogP contribution in [0.3, 0.4) is 0 Å². The number of carbonyl (C=O) groups is 2. The third-order valence-corrected chi connectivity index (χ3v) is 5.60. The lowest BCUT2D eigenvalue weighted by molar-refractivity contribution is -0.132. The van der Waals surface area contributed by atoms with Crippen molar-refractivity contribution in [3.63, 3.8) is 0 Å². The number of carbonyl (C=O) groups excluding carboxylic acids is 2. The topological polar surface area (TPSA) is 67.4 Å². The smallest absolute Gasteiger partial charge is 0.247 e. The van der Waals surface area contributed by atoms with Gasteiger partial charge >= 0.3 is 0 Å². The summed E-state index contributed by atoms with van der Waals surface area (Å²) in [5.74, 6) is 1.06. The molecule has 0 spiro atoms. The SMILES string of the molecule is CC[C@H](C)[C@H](NC(=O)[C@@H]1CCCC[C@H]1C)C(=O)Nc1ccc(OC)cc1. The number of nitrogens with one attached hydrogen (secondary N) is 2. The molecular weight excluding hydrogens is 328 g/mol. The van der Waals surface area contributed by atoms with Gasteiger partial charge in [-0.15, -0.1) is 0 Å². The minimum absolute atomic E-state index is 0.0177. The van der Waals surface area contributed by atoms with Crippen molar-refractivity contribution in [1.29, 1.82) is 0 Å². The van der Waals surface area contributed by atoms with Crippen LogP contribution in [-0.2, 0) is 9.59 Å². The van der Waals surface area contributed by atoms with E-state index in [2.05, 4.69) is 17.6 Å². The van der Waals surface area contributed by atoms with Gasteiger partial charge in [-0.3, -0.25) is 9.59 Å². The van der Waals surface area contributed by atoms with E-state index < -0.39 is 6.04 Å². The van der Waals surface area contributed by atoms with Crippen molar-refractivity contribution in [3.05, 3.63) is 24.3 Å². The first kappa shape index (κ1) is 20.3. The maximum absolute atomic E-state index is 12.8. The molecule has 0 radical (unpaired) electrons. The fraction of sp³-hybridized carbons (Fsp3) is 0.619. The summed E-state index contributed by atoms with van der Waals surface area (Å²) in [7, 11) is 1.61. The van der Waals surface area contributed by atoms with Gasteiger partial charge in [0.05, 0.1) is 7.11 Å². The van der Waals surface area contributed by atoms with E-state index in [4.69, 9.17) is 4.74 Å². The predicted molar refractivity (Wildman–Crippen MR) is 104 cm³/mol. The summed E-state index contributed by atoms with van der Waals surface area (Å²) in [4.78, 5) is 25.6. The Balaban J connectivity index is 2.05. The van der Waals surface area contributed by atoms with Gasteiger partial charge in [-0.1, -0.05) is 40.0 Å². The molecule has 4 atom stereocenters. The summed E-state index contributed by atoms with van der Waals surface area (Å²) in [5, 5.41) is 5.95. The molecule has 2 rings (SSSR count). The number of rotatable bonds is 7. The van der Waals surface area contributed by atoms with Crippen LogP contribution in [-0.4, -0.2) is 25.0 Å². The molecule has 2 amide bonds. The summed E-state index contributed by atoms with van der Waals surface area (Å²) in [6.45, 7) is 6.18. The largest absolute Gasteiger partial charge is 0.497 e. The Bertz CT molecular complexity index is 600. The minimum Gasteiger partial charge on any atom is -0.497 e. The number of hydrogen-bond donors (Lipinski definition) is 2. The summed E-state index contributed by atoms with van der Waals surface area (Å²) in [6, 6.07) is 6.68. The van der Waals surface area contributed by atoms with Gasteiger partial charge < -0.3 is 15.4 Å². The van der Waals surface area contributed by atoms with Gasteiger partial charge in [-0.25, -0.2) is 0 Å². The molecule has 0 aliphatic heterocycles. The van der Waals surface area contributed by atoms with Gasteiger partial charge in [0.2, 0.25) is 11.8 Å². The fourth-order valence-electron chi connectivity index (χ4n) is 3.56. The lowest BCUT2D eigenvalue weighted by atomic mass is 9.79. The van der Waals surface area contributed by atoms with Crippen LogP contribution in [0.2, 0.25) is 0 Å². The van der Waals surface area contributed by atoms with Crippen molar-refractivity contribution in [2.45, 2.75) is 58.9 Å². The highest BCUT2D eigenvalue weighted by atomic mass is 16.5. The normalized spacial score (nSPS) is 22.2. The maximum atomic E-state index is 12.8. The average Bonchev–Trinajstić information content (AvgIpc) is 2.66. The Morgan fingerprint density at radius 2 is 1.85 bits per heavy atom. The third-order valence-electron chi connectivity index (χ3n) is 5.60. The number of hydrogen-bond acceptors (Lipinski definition) is 3. The van der Waals surface area contributed by atoms with E-state index in [-0.39, 0.29) is 23.7 Å². The van der Waals surface area contributed by atoms with Gasteiger partial charge in [0.25, 0.3) is 0 Å². The lowest BCUT2D eigenvalue weighted by Crippen LogP contribution is -2.50. The van der Waals surface area contributed by atoms with Crippen molar-refractivity contribution < 1.29 is 14.3 Å². The molecule has 144 valence electrons. The molecule has 0 heterocycles. The van der Waals surface area contributed by atoms with E-state index in [1.807, 2.05) is 13.8 Å². The van der Waals surface area contributed by atoms with Crippen molar-refractivity contribution in [1.82, 2.24) is 5.32 Å². The minimum atomic E-state index is -0.524. The van der Waals surface area contributed by atoms with Crippen LogP contribution in [0.15, 0.2) is 24.3 Å². The van der Waals surface area contributed by atoms with Crippen LogP contribution in [0.1, 0.15) is 52.9 Å². The second-order valence-corrected chi connectivity index (χ2v) is 7.46. The number of methoxy groups -OCH3 is 1. The van der Waals surface area contributed by atoms with Crippen LogP contribution >= 0.6 is 0 Å². The van der Waals surface area contributed by atoms with E-state index in [9.17, 15) is 9.59 Å². The van der Waals surface area contributed by atoms with E-state index >= 15 is 0 Å². The zero-order valence-electron chi connectivity index (χ0n) is 16.4. The first-order valence-electron chi connectivity index (χ1n) is 9.71.